The summed E-state index contributed by atoms with van der Waals surface area (Å²) in [5, 5.41) is 0. The third-order valence-corrected chi connectivity index (χ3v) is 1.48. The zero-order valence-corrected chi connectivity index (χ0v) is 6.71. The normalized spacial score (nSPS) is 12.0. The number of aromatic amines is 1. The van der Waals surface area contributed by atoms with E-state index in [0.717, 1.165) is 0 Å². The van der Waals surface area contributed by atoms with E-state index in [4.69, 9.17) is 11.6 Å². The molecule has 0 saturated carbocycles. The van der Waals surface area contributed by atoms with Crippen LogP contribution in [0.2, 0.25) is 0 Å². The van der Waals surface area contributed by atoms with E-state index < -0.39 is 12.6 Å². The number of imidazole rings is 1. The summed E-state index contributed by atoms with van der Waals surface area (Å²) >= 11 is 5.36. The summed E-state index contributed by atoms with van der Waals surface area (Å²) in [5.74, 6) is 0.0448. The van der Waals surface area contributed by atoms with Crippen molar-refractivity contribution < 1.29 is 13.2 Å². The average Bonchev–Trinajstić information content (AvgIpc) is 2.32. The molecule has 0 aliphatic rings. The van der Waals surface area contributed by atoms with Gasteiger partial charge in [0.2, 0.25) is 0 Å². The quantitative estimate of drug-likeness (QED) is 0.726. The van der Waals surface area contributed by atoms with E-state index >= 15 is 0 Å². The maximum absolute atomic E-state index is 11.8. The third-order valence-electron chi connectivity index (χ3n) is 1.19. The van der Waals surface area contributed by atoms with Gasteiger partial charge >= 0.3 is 6.18 Å². The van der Waals surface area contributed by atoms with E-state index in [1.165, 1.54) is 6.20 Å². The summed E-state index contributed by atoms with van der Waals surface area (Å²) in [6.45, 7) is 0. The summed E-state index contributed by atoms with van der Waals surface area (Å²) in [6, 6.07) is 0. The smallest absolute Gasteiger partial charge is 0.345 e. The second-order valence-electron chi connectivity index (χ2n) is 2.28. The van der Waals surface area contributed by atoms with Crippen LogP contribution in [0.5, 0.6) is 0 Å². The SMILES string of the molecule is FC(F)(F)Cc1ncc(CCl)[nH]1. The predicted molar refractivity (Wildman–Crippen MR) is 37.9 cm³/mol. The van der Waals surface area contributed by atoms with Gasteiger partial charge in [0, 0.05) is 11.9 Å². The predicted octanol–water partition coefficient (Wildman–Crippen LogP) is 2.25. The number of aromatic nitrogens is 2. The van der Waals surface area contributed by atoms with Gasteiger partial charge in [-0.05, 0) is 0 Å². The molecule has 0 saturated heterocycles. The summed E-state index contributed by atoms with van der Waals surface area (Å²) in [5.41, 5.74) is 0.496. The second-order valence-corrected chi connectivity index (χ2v) is 2.55. The van der Waals surface area contributed by atoms with E-state index in [2.05, 4.69) is 9.97 Å². The van der Waals surface area contributed by atoms with Crippen molar-refractivity contribution in [2.75, 3.05) is 0 Å². The van der Waals surface area contributed by atoms with Gasteiger partial charge in [0.25, 0.3) is 0 Å². The monoisotopic (exact) mass is 198 g/mol. The highest BCUT2D eigenvalue weighted by molar-refractivity contribution is 6.16. The van der Waals surface area contributed by atoms with Gasteiger partial charge in [-0.1, -0.05) is 0 Å². The Labute approximate surface area is 71.8 Å². The molecule has 1 N–H and O–H groups in total. The maximum atomic E-state index is 11.8. The summed E-state index contributed by atoms with van der Waals surface area (Å²) < 4.78 is 35.3. The molecule has 6 heteroatoms. The minimum atomic E-state index is -4.22. The van der Waals surface area contributed by atoms with Crippen LogP contribution in [-0.4, -0.2) is 16.1 Å². The van der Waals surface area contributed by atoms with Gasteiger partial charge in [-0.2, -0.15) is 13.2 Å². The Bertz CT molecular complexity index is 256. The number of nitrogens with one attached hydrogen (secondary N) is 1. The highest BCUT2D eigenvalue weighted by atomic mass is 35.5. The van der Waals surface area contributed by atoms with E-state index in [9.17, 15) is 13.2 Å². The lowest BCUT2D eigenvalue weighted by Crippen LogP contribution is -2.12. The Morgan fingerprint density at radius 2 is 2.17 bits per heavy atom. The first-order chi connectivity index (χ1) is 5.51. The number of H-pyrrole nitrogens is 1. The molecule has 0 bridgehead atoms. The van der Waals surface area contributed by atoms with Gasteiger partial charge in [-0.25, -0.2) is 4.98 Å². The summed E-state index contributed by atoms with van der Waals surface area (Å²) in [7, 11) is 0. The van der Waals surface area contributed by atoms with Crippen LogP contribution in [0.25, 0.3) is 0 Å². The van der Waals surface area contributed by atoms with Crippen LogP contribution in [-0.2, 0) is 12.3 Å². The van der Waals surface area contributed by atoms with Crippen molar-refractivity contribution in [3.8, 4) is 0 Å². The zero-order valence-electron chi connectivity index (χ0n) is 5.95. The highest BCUT2D eigenvalue weighted by Gasteiger charge is 2.29. The Balaban J connectivity index is 2.64. The van der Waals surface area contributed by atoms with Crippen LogP contribution < -0.4 is 0 Å². The van der Waals surface area contributed by atoms with Crippen LogP contribution >= 0.6 is 11.6 Å². The molecule has 0 atom stereocenters. The van der Waals surface area contributed by atoms with Gasteiger partial charge in [-0.3, -0.25) is 0 Å². The molecule has 12 heavy (non-hydrogen) atoms. The van der Waals surface area contributed by atoms with Gasteiger partial charge in [0.1, 0.15) is 12.2 Å². The fourth-order valence-electron chi connectivity index (χ4n) is 0.753. The van der Waals surface area contributed by atoms with E-state index in [1.54, 1.807) is 0 Å². The van der Waals surface area contributed by atoms with Crippen LogP contribution in [0, 0.1) is 0 Å². The van der Waals surface area contributed by atoms with E-state index in [0.29, 0.717) is 5.69 Å². The number of hydrogen-bond donors (Lipinski definition) is 1. The fourth-order valence-corrected chi connectivity index (χ4v) is 0.889. The third kappa shape index (κ3) is 2.73. The Morgan fingerprint density at radius 3 is 2.58 bits per heavy atom. The lowest BCUT2D eigenvalue weighted by Gasteiger charge is -2.01. The zero-order chi connectivity index (χ0) is 9.19. The summed E-state index contributed by atoms with van der Waals surface area (Å²) in [4.78, 5) is 5.97. The van der Waals surface area contributed by atoms with Crippen LogP contribution in [0.3, 0.4) is 0 Å². The van der Waals surface area contributed by atoms with Gasteiger partial charge in [0.05, 0.1) is 5.88 Å². The first-order valence-electron chi connectivity index (χ1n) is 3.17. The second kappa shape index (κ2) is 3.35. The Morgan fingerprint density at radius 1 is 1.50 bits per heavy atom. The molecule has 68 valence electrons. The molecule has 0 aliphatic heterocycles. The van der Waals surface area contributed by atoms with Gasteiger partial charge < -0.3 is 4.98 Å². The molecule has 0 radical (unpaired) electrons. The Hall–Kier alpha value is -0.710. The Kier molecular flexibility index (Phi) is 2.62. The van der Waals surface area contributed by atoms with Crippen molar-refractivity contribution in [1.82, 2.24) is 9.97 Å². The van der Waals surface area contributed by atoms with Crippen molar-refractivity contribution in [3.05, 3.63) is 17.7 Å². The molecule has 1 aromatic rings. The van der Waals surface area contributed by atoms with Crippen LogP contribution in [0.1, 0.15) is 11.5 Å². The molecule has 0 spiro atoms. The van der Waals surface area contributed by atoms with E-state index in [1.807, 2.05) is 0 Å². The first kappa shape index (κ1) is 9.38. The minimum absolute atomic E-state index is 0.0989. The molecule has 0 fully saturated rings. The fraction of sp³-hybridized carbons (Fsp3) is 0.500. The number of nitrogens with zero attached hydrogens (tertiary/aromatic N) is 1. The highest BCUT2D eigenvalue weighted by Crippen LogP contribution is 2.19. The molecule has 1 aromatic heterocycles. The summed E-state index contributed by atoms with van der Waals surface area (Å²) in [6.07, 6.45) is -3.96. The number of hydrogen-bond acceptors (Lipinski definition) is 1. The van der Waals surface area contributed by atoms with Crippen molar-refractivity contribution in [1.29, 1.82) is 0 Å². The van der Waals surface area contributed by atoms with Gasteiger partial charge in [0.15, 0.2) is 0 Å². The molecule has 2 nitrogen and oxygen atoms in total. The molecule has 1 rings (SSSR count). The lowest BCUT2D eigenvalue weighted by atomic mass is 10.4. The molecule has 0 unspecified atom stereocenters. The molecule has 1 heterocycles. The standard InChI is InChI=1S/C6H6ClF3N2/c7-2-4-3-11-5(12-4)1-6(8,9)10/h3H,1-2H2,(H,11,12). The average molecular weight is 199 g/mol. The van der Waals surface area contributed by atoms with Crippen LogP contribution in [0.4, 0.5) is 13.2 Å². The van der Waals surface area contributed by atoms with Crippen molar-refractivity contribution in [2.24, 2.45) is 0 Å². The minimum Gasteiger partial charge on any atom is -0.345 e. The topological polar surface area (TPSA) is 28.7 Å². The first-order valence-corrected chi connectivity index (χ1v) is 3.70. The largest absolute Gasteiger partial charge is 0.396 e. The molecule has 0 aromatic carbocycles. The number of rotatable bonds is 2. The van der Waals surface area contributed by atoms with Crippen molar-refractivity contribution >= 4 is 11.6 Å². The van der Waals surface area contributed by atoms with Crippen molar-refractivity contribution in [3.63, 3.8) is 0 Å². The van der Waals surface area contributed by atoms with Crippen LogP contribution in [0.15, 0.2) is 6.20 Å². The molecule has 0 aliphatic carbocycles. The number of halogens is 4. The molecular weight excluding hydrogens is 193 g/mol. The van der Waals surface area contributed by atoms with Gasteiger partial charge in [-0.15, -0.1) is 11.6 Å². The maximum Gasteiger partial charge on any atom is 0.396 e. The lowest BCUT2D eigenvalue weighted by molar-refractivity contribution is -0.128. The van der Waals surface area contributed by atoms with Crippen molar-refractivity contribution in [2.45, 2.75) is 18.5 Å². The molecule has 0 amide bonds. The number of alkyl halides is 4. The molecular formula is C6H6ClF3N2. The van der Waals surface area contributed by atoms with E-state index in [-0.39, 0.29) is 11.7 Å².